The molecule has 1 saturated heterocycles. The third-order valence-electron chi connectivity index (χ3n) is 3.66. The van der Waals surface area contributed by atoms with E-state index in [-0.39, 0.29) is 0 Å². The Morgan fingerprint density at radius 3 is 2.89 bits per heavy atom. The zero-order valence-corrected chi connectivity index (χ0v) is 10.8. The first kappa shape index (κ1) is 11.5. The van der Waals surface area contributed by atoms with E-state index in [2.05, 4.69) is 26.0 Å². The van der Waals surface area contributed by atoms with Crippen LogP contribution >= 0.6 is 0 Å². The summed E-state index contributed by atoms with van der Waals surface area (Å²) in [5, 5.41) is 3.39. The molecule has 0 spiro atoms. The monoisotopic (exact) mass is 246 g/mol. The van der Waals surface area contributed by atoms with Gasteiger partial charge < -0.3 is 14.6 Å². The predicted octanol–water partition coefficient (Wildman–Crippen LogP) is 1.44. The molecule has 0 bridgehead atoms. The molecule has 1 aliphatic rings. The molecule has 1 aliphatic heterocycles. The second kappa shape index (κ2) is 4.57. The van der Waals surface area contributed by atoms with Crippen LogP contribution in [-0.4, -0.2) is 34.7 Å². The van der Waals surface area contributed by atoms with Crippen molar-refractivity contribution in [3.63, 3.8) is 0 Å². The molecule has 0 amide bonds. The van der Waals surface area contributed by atoms with E-state index < -0.39 is 0 Å². The Bertz CT molecular complexity index is 557. The summed E-state index contributed by atoms with van der Waals surface area (Å²) in [7, 11) is 3.65. The summed E-state index contributed by atoms with van der Waals surface area (Å²) in [5.41, 5.74) is 3.23. The molecule has 5 nitrogen and oxygen atoms in total. The van der Waals surface area contributed by atoms with Crippen LogP contribution in [0, 0.1) is 0 Å². The summed E-state index contributed by atoms with van der Waals surface area (Å²) in [6.45, 7) is 2.16. The Balaban J connectivity index is 2.09. The van der Waals surface area contributed by atoms with Crippen LogP contribution in [0.15, 0.2) is 12.4 Å². The maximum Gasteiger partial charge on any atom is 0.232 e. The largest absolute Gasteiger partial charge is 0.480 e. The first-order chi connectivity index (χ1) is 8.79. The number of hydrogen-bond acceptors (Lipinski definition) is 4. The Hall–Kier alpha value is -1.62. The second-order valence-electron chi connectivity index (χ2n) is 4.80. The Labute approximate surface area is 106 Å². The van der Waals surface area contributed by atoms with E-state index in [1.165, 1.54) is 5.56 Å². The molecule has 0 aromatic carbocycles. The summed E-state index contributed by atoms with van der Waals surface area (Å²) in [5.74, 6) is 1.17. The minimum absolute atomic E-state index is 0.580. The van der Waals surface area contributed by atoms with Gasteiger partial charge in [0.2, 0.25) is 5.88 Å². The number of nitrogens with one attached hydrogen (secondary N) is 1. The van der Waals surface area contributed by atoms with Crippen molar-refractivity contribution >= 4 is 11.2 Å². The molecule has 5 heteroatoms. The molecule has 1 fully saturated rings. The van der Waals surface area contributed by atoms with Crippen molar-refractivity contribution in [2.45, 2.75) is 18.8 Å². The molecule has 0 saturated carbocycles. The predicted molar refractivity (Wildman–Crippen MR) is 69.9 cm³/mol. The van der Waals surface area contributed by atoms with Crippen LogP contribution in [0.1, 0.15) is 24.3 Å². The van der Waals surface area contributed by atoms with E-state index in [0.717, 1.165) is 37.1 Å². The molecule has 0 atom stereocenters. The van der Waals surface area contributed by atoms with Crippen molar-refractivity contribution in [3.05, 3.63) is 18.0 Å². The summed E-state index contributed by atoms with van der Waals surface area (Å²) in [4.78, 5) is 8.99. The smallest absolute Gasteiger partial charge is 0.232 e. The van der Waals surface area contributed by atoms with Crippen molar-refractivity contribution in [2.75, 3.05) is 20.2 Å². The normalized spacial score (nSPS) is 17.2. The van der Waals surface area contributed by atoms with Crippen molar-refractivity contribution < 1.29 is 4.74 Å². The Morgan fingerprint density at radius 1 is 1.39 bits per heavy atom. The van der Waals surface area contributed by atoms with E-state index in [4.69, 9.17) is 4.74 Å². The van der Waals surface area contributed by atoms with Gasteiger partial charge in [0, 0.05) is 18.8 Å². The average Bonchev–Trinajstić information content (AvgIpc) is 2.76. The minimum Gasteiger partial charge on any atom is -0.480 e. The quantitative estimate of drug-likeness (QED) is 0.871. The van der Waals surface area contributed by atoms with Gasteiger partial charge in [0.15, 0.2) is 5.65 Å². The average molecular weight is 246 g/mol. The molecule has 1 N–H and O–H groups in total. The summed E-state index contributed by atoms with van der Waals surface area (Å²) in [6.07, 6.45) is 6.17. The molecule has 2 aromatic heterocycles. The number of hydrogen-bond donors (Lipinski definition) is 1. The van der Waals surface area contributed by atoms with Crippen LogP contribution < -0.4 is 10.1 Å². The zero-order chi connectivity index (χ0) is 12.5. The highest BCUT2D eigenvalue weighted by Gasteiger charge is 2.21. The fourth-order valence-corrected chi connectivity index (χ4v) is 2.68. The molecule has 0 unspecified atom stereocenters. The van der Waals surface area contributed by atoms with Crippen molar-refractivity contribution in [1.82, 2.24) is 19.9 Å². The molecule has 3 rings (SSSR count). The Kier molecular flexibility index (Phi) is 2.91. The number of aromatic nitrogens is 3. The lowest BCUT2D eigenvalue weighted by atomic mass is 9.91. The van der Waals surface area contributed by atoms with E-state index >= 15 is 0 Å². The van der Waals surface area contributed by atoms with Gasteiger partial charge >= 0.3 is 0 Å². The molecule has 0 aliphatic carbocycles. The number of fused-ring (bicyclic) bond motifs is 1. The van der Waals surface area contributed by atoms with E-state index in [0.29, 0.717) is 11.8 Å². The fourth-order valence-electron chi connectivity index (χ4n) is 2.68. The van der Waals surface area contributed by atoms with Crippen LogP contribution in [0.25, 0.3) is 11.2 Å². The SMILES string of the molecule is COc1cnc2c(n1)c(C1CCNCC1)cn2C. The lowest BCUT2D eigenvalue weighted by Gasteiger charge is -2.21. The van der Waals surface area contributed by atoms with Gasteiger partial charge in [-0.05, 0) is 31.8 Å². The van der Waals surface area contributed by atoms with Crippen LogP contribution in [-0.2, 0) is 7.05 Å². The minimum atomic E-state index is 0.580. The molecular formula is C13H18N4O. The number of aryl methyl sites for hydroxylation is 1. The van der Waals surface area contributed by atoms with Gasteiger partial charge in [-0.2, -0.15) is 0 Å². The molecule has 96 valence electrons. The molecule has 0 radical (unpaired) electrons. The first-order valence-electron chi connectivity index (χ1n) is 6.36. The molecular weight excluding hydrogens is 228 g/mol. The van der Waals surface area contributed by atoms with E-state index in [9.17, 15) is 0 Å². The van der Waals surface area contributed by atoms with Crippen LogP contribution in [0.5, 0.6) is 5.88 Å². The zero-order valence-electron chi connectivity index (χ0n) is 10.8. The lowest BCUT2D eigenvalue weighted by molar-refractivity contribution is 0.397. The van der Waals surface area contributed by atoms with E-state index in [1.54, 1.807) is 13.3 Å². The van der Waals surface area contributed by atoms with E-state index in [1.807, 2.05) is 7.05 Å². The Morgan fingerprint density at radius 2 is 2.17 bits per heavy atom. The van der Waals surface area contributed by atoms with Crippen LogP contribution in [0.4, 0.5) is 0 Å². The van der Waals surface area contributed by atoms with Gasteiger partial charge in [0.05, 0.1) is 13.3 Å². The maximum atomic E-state index is 5.18. The number of piperidine rings is 1. The van der Waals surface area contributed by atoms with Gasteiger partial charge in [-0.15, -0.1) is 0 Å². The third kappa shape index (κ3) is 1.84. The second-order valence-corrected chi connectivity index (χ2v) is 4.80. The van der Waals surface area contributed by atoms with Gasteiger partial charge in [0.1, 0.15) is 5.52 Å². The maximum absolute atomic E-state index is 5.18. The van der Waals surface area contributed by atoms with Crippen LogP contribution in [0.3, 0.4) is 0 Å². The van der Waals surface area contributed by atoms with Gasteiger partial charge in [-0.1, -0.05) is 0 Å². The standard InChI is InChI=1S/C13H18N4O/c1-17-8-10(9-3-5-14-6-4-9)12-13(17)15-7-11(16-12)18-2/h7-9,14H,3-6H2,1-2H3. The number of nitrogens with zero attached hydrogens (tertiary/aromatic N) is 3. The molecule has 18 heavy (non-hydrogen) atoms. The topological polar surface area (TPSA) is 52.0 Å². The van der Waals surface area contributed by atoms with Crippen LogP contribution in [0.2, 0.25) is 0 Å². The van der Waals surface area contributed by atoms with Gasteiger partial charge in [-0.25, -0.2) is 9.97 Å². The number of rotatable bonds is 2. The molecule has 2 aromatic rings. The fraction of sp³-hybridized carbons (Fsp3) is 0.538. The molecule has 3 heterocycles. The highest BCUT2D eigenvalue weighted by molar-refractivity contribution is 5.77. The summed E-state index contributed by atoms with van der Waals surface area (Å²) >= 11 is 0. The third-order valence-corrected chi connectivity index (χ3v) is 3.66. The summed E-state index contributed by atoms with van der Waals surface area (Å²) in [6, 6.07) is 0. The lowest BCUT2D eigenvalue weighted by Crippen LogP contribution is -2.26. The number of ether oxygens (including phenoxy) is 1. The highest BCUT2D eigenvalue weighted by atomic mass is 16.5. The van der Waals surface area contributed by atoms with Crippen molar-refractivity contribution in [1.29, 1.82) is 0 Å². The van der Waals surface area contributed by atoms with Gasteiger partial charge in [0.25, 0.3) is 0 Å². The summed E-state index contributed by atoms with van der Waals surface area (Å²) < 4.78 is 7.23. The van der Waals surface area contributed by atoms with Gasteiger partial charge in [-0.3, -0.25) is 0 Å². The number of methoxy groups -OCH3 is 1. The van der Waals surface area contributed by atoms with Crippen molar-refractivity contribution in [2.24, 2.45) is 7.05 Å². The highest BCUT2D eigenvalue weighted by Crippen LogP contribution is 2.31. The first-order valence-corrected chi connectivity index (χ1v) is 6.36. The van der Waals surface area contributed by atoms with Crippen molar-refractivity contribution in [3.8, 4) is 5.88 Å².